The number of aromatic hydroxyl groups is 1. The Morgan fingerprint density at radius 2 is 0.797 bits per heavy atom. The summed E-state index contributed by atoms with van der Waals surface area (Å²) in [5.41, 5.74) is 0.773. The van der Waals surface area contributed by atoms with Crippen molar-refractivity contribution in [3.8, 4) is 5.75 Å². The van der Waals surface area contributed by atoms with Crippen LogP contribution in [-0.4, -0.2) is 97.2 Å². The van der Waals surface area contributed by atoms with Crippen molar-refractivity contribution >= 4 is 47.5 Å². The fraction of sp³-hybridized carbons (Fsp3) is 0.319. The van der Waals surface area contributed by atoms with Crippen molar-refractivity contribution in [3.63, 3.8) is 0 Å². The van der Waals surface area contributed by atoms with Gasteiger partial charge in [-0.05, 0) is 89.0 Å². The Morgan fingerprint density at radius 3 is 1.12 bits per heavy atom. The molecule has 0 aromatic heterocycles. The molecule has 0 aliphatic heterocycles. The van der Waals surface area contributed by atoms with E-state index in [4.69, 9.17) is 0 Å². The minimum absolute atomic E-state index is 0.0530. The molecular weight excluding hydrogens is 829 g/mol. The summed E-state index contributed by atoms with van der Waals surface area (Å²) in [7, 11) is 0. The molecule has 17 nitrogen and oxygen atoms in total. The first-order chi connectivity index (χ1) is 30.3. The van der Waals surface area contributed by atoms with Crippen molar-refractivity contribution < 1.29 is 63.9 Å². The second-order valence-corrected chi connectivity index (χ2v) is 15.7. The molecule has 338 valence electrons. The van der Waals surface area contributed by atoms with Crippen LogP contribution in [0.1, 0.15) is 104 Å². The molecule has 6 unspecified atom stereocenters. The van der Waals surface area contributed by atoms with Gasteiger partial charge >= 0.3 is 23.9 Å². The lowest BCUT2D eigenvalue weighted by Gasteiger charge is -2.21. The second-order valence-electron chi connectivity index (χ2n) is 15.7. The van der Waals surface area contributed by atoms with Crippen molar-refractivity contribution in [2.75, 3.05) is 0 Å². The first kappa shape index (κ1) is 49.1. The van der Waals surface area contributed by atoms with Crippen LogP contribution in [0.4, 0.5) is 0 Å². The van der Waals surface area contributed by atoms with Crippen LogP contribution < -0.4 is 21.3 Å². The number of amides is 4. The molecule has 0 saturated heterocycles. The average Bonchev–Trinajstić information content (AvgIpc) is 3.26. The number of carboxylic acids is 4. The molecular formula is C47H52N4O13. The zero-order chi connectivity index (χ0) is 47.2. The summed E-state index contributed by atoms with van der Waals surface area (Å²) < 4.78 is 0. The molecule has 0 aliphatic rings. The summed E-state index contributed by atoms with van der Waals surface area (Å²) >= 11 is 0. The van der Waals surface area contributed by atoms with E-state index in [1.807, 2.05) is 0 Å². The Hall–Kier alpha value is -7.56. The third-order valence-electron chi connectivity index (χ3n) is 10.8. The van der Waals surface area contributed by atoms with Gasteiger partial charge in [-0.2, -0.15) is 0 Å². The van der Waals surface area contributed by atoms with E-state index in [0.717, 1.165) is 6.07 Å². The number of carboxylic acid groups (broad SMARTS) is 4. The van der Waals surface area contributed by atoms with Gasteiger partial charge in [-0.1, -0.05) is 83.0 Å². The molecule has 0 radical (unpaired) electrons. The van der Waals surface area contributed by atoms with Gasteiger partial charge in [0.2, 0.25) is 0 Å². The van der Waals surface area contributed by atoms with Gasteiger partial charge in [0.05, 0.1) is 0 Å². The van der Waals surface area contributed by atoms with Gasteiger partial charge in [-0.3, -0.25) is 19.2 Å². The van der Waals surface area contributed by atoms with Gasteiger partial charge in [0.15, 0.2) is 0 Å². The Morgan fingerprint density at radius 1 is 0.453 bits per heavy atom. The molecule has 64 heavy (non-hydrogen) atoms. The Balaban J connectivity index is 1.81. The van der Waals surface area contributed by atoms with E-state index in [9.17, 15) is 63.9 Å². The fourth-order valence-corrected chi connectivity index (χ4v) is 6.76. The van der Waals surface area contributed by atoms with E-state index in [0.29, 0.717) is 24.0 Å². The van der Waals surface area contributed by atoms with E-state index in [1.165, 1.54) is 54.6 Å². The number of phenols is 1. The second kappa shape index (κ2) is 22.5. The Bertz CT molecular complexity index is 2370. The molecule has 0 spiro atoms. The normalized spacial score (nSPS) is 13.8. The van der Waals surface area contributed by atoms with Gasteiger partial charge < -0.3 is 46.8 Å². The number of phenolic OH excluding ortho intramolecular Hbond substituents is 1. The van der Waals surface area contributed by atoms with Crippen LogP contribution in [0.3, 0.4) is 0 Å². The first-order valence-corrected chi connectivity index (χ1v) is 20.5. The van der Waals surface area contributed by atoms with E-state index in [-0.39, 0.29) is 58.4 Å². The molecule has 4 rings (SSSR count). The third kappa shape index (κ3) is 13.7. The predicted octanol–water partition coefficient (Wildman–Crippen LogP) is 4.29. The molecule has 0 bridgehead atoms. The molecule has 9 N–H and O–H groups in total. The number of hydrogen-bond acceptors (Lipinski definition) is 9. The van der Waals surface area contributed by atoms with Crippen molar-refractivity contribution in [2.45, 2.75) is 84.0 Å². The van der Waals surface area contributed by atoms with Gasteiger partial charge in [-0.15, -0.1) is 0 Å². The maximum Gasteiger partial charge on any atom is 0.326 e. The summed E-state index contributed by atoms with van der Waals surface area (Å²) in [5, 5.41) is 59.4. The molecule has 4 aromatic carbocycles. The van der Waals surface area contributed by atoms with Gasteiger partial charge in [0, 0.05) is 35.1 Å². The summed E-state index contributed by atoms with van der Waals surface area (Å²) in [4.78, 5) is 104. The average molecular weight is 881 g/mol. The SMILES string of the molecule is CCC(C)C(NC(=O)c1cc(Cc2cc(C(=O)NC(Cc3ccc(O)cc3)C(=O)O)cc(C(=O)NC(C(=O)O)C(C)CC)c2)cc(C(=O)NC(Cc2ccccc2)C(=O)O)c1)C(=O)O. The van der Waals surface area contributed by atoms with E-state index < -0.39 is 83.5 Å². The van der Waals surface area contributed by atoms with E-state index in [1.54, 1.807) is 58.0 Å². The van der Waals surface area contributed by atoms with Crippen LogP contribution in [0.25, 0.3) is 0 Å². The molecule has 0 fully saturated rings. The molecule has 17 heteroatoms. The van der Waals surface area contributed by atoms with Crippen LogP contribution in [0.5, 0.6) is 5.75 Å². The van der Waals surface area contributed by atoms with Crippen molar-refractivity contribution in [3.05, 3.63) is 136 Å². The summed E-state index contributed by atoms with van der Waals surface area (Å²) in [6.45, 7) is 6.76. The first-order valence-electron chi connectivity index (χ1n) is 20.5. The van der Waals surface area contributed by atoms with Gasteiger partial charge in [0.25, 0.3) is 23.6 Å². The highest BCUT2D eigenvalue weighted by molar-refractivity contribution is 6.03. The van der Waals surface area contributed by atoms with E-state index >= 15 is 0 Å². The van der Waals surface area contributed by atoms with Crippen LogP contribution in [0.15, 0.2) is 91.0 Å². The maximum atomic E-state index is 13.8. The largest absolute Gasteiger partial charge is 0.508 e. The highest BCUT2D eigenvalue weighted by Gasteiger charge is 2.29. The number of benzene rings is 4. The standard InChI is InChI=1S/C47H52N4O13/c1-5-25(3)38(46(61)62)50-42(55)33-19-29(17-31(23-33)40(53)48-36(44(57)58)21-27-10-8-7-9-11-27)16-30-18-32(24-34(20-30)43(56)51-39(47(63)64)26(4)6-2)41(54)49-37(45(59)60)22-28-12-14-35(52)15-13-28/h7-15,17-20,23-26,36-39,52H,5-6,16,21-22H2,1-4H3,(H,48,53)(H,49,54)(H,50,55)(H,51,56)(H,57,58)(H,59,60)(H,61,62)(H,63,64). The summed E-state index contributed by atoms with van der Waals surface area (Å²) in [6, 6.07) is 16.4. The smallest absolute Gasteiger partial charge is 0.326 e. The highest BCUT2D eigenvalue weighted by Crippen LogP contribution is 2.21. The molecule has 4 aromatic rings. The maximum absolute atomic E-state index is 13.8. The quantitative estimate of drug-likeness (QED) is 0.0533. The van der Waals surface area contributed by atoms with Crippen LogP contribution in [0.2, 0.25) is 0 Å². The van der Waals surface area contributed by atoms with Crippen LogP contribution >= 0.6 is 0 Å². The van der Waals surface area contributed by atoms with Crippen molar-refractivity contribution in [1.29, 1.82) is 0 Å². The zero-order valence-electron chi connectivity index (χ0n) is 35.7. The molecule has 0 heterocycles. The minimum atomic E-state index is -1.47. The van der Waals surface area contributed by atoms with Gasteiger partial charge in [0.1, 0.15) is 29.9 Å². The summed E-state index contributed by atoms with van der Waals surface area (Å²) in [6.07, 6.45) is 0.314. The lowest BCUT2D eigenvalue weighted by molar-refractivity contribution is -0.141. The number of rotatable bonds is 22. The summed E-state index contributed by atoms with van der Waals surface area (Å²) in [5.74, 6) is -9.93. The fourth-order valence-electron chi connectivity index (χ4n) is 6.76. The van der Waals surface area contributed by atoms with Crippen LogP contribution in [-0.2, 0) is 38.4 Å². The lowest BCUT2D eigenvalue weighted by Crippen LogP contribution is -2.45. The topological polar surface area (TPSA) is 286 Å². The van der Waals surface area contributed by atoms with E-state index in [2.05, 4.69) is 21.3 Å². The molecule has 0 saturated carbocycles. The minimum Gasteiger partial charge on any atom is -0.508 e. The van der Waals surface area contributed by atoms with Crippen LogP contribution in [0, 0.1) is 11.8 Å². The number of carbonyl (C=O) groups is 8. The Kier molecular flexibility index (Phi) is 17.3. The zero-order valence-corrected chi connectivity index (χ0v) is 35.7. The van der Waals surface area contributed by atoms with Crippen molar-refractivity contribution in [1.82, 2.24) is 21.3 Å². The Labute approximate surface area is 368 Å². The number of carbonyl (C=O) groups excluding carboxylic acids is 4. The van der Waals surface area contributed by atoms with Gasteiger partial charge in [-0.25, -0.2) is 19.2 Å². The third-order valence-corrected chi connectivity index (χ3v) is 10.8. The monoisotopic (exact) mass is 880 g/mol. The number of hydrogen-bond donors (Lipinski definition) is 9. The van der Waals surface area contributed by atoms with Crippen molar-refractivity contribution in [2.24, 2.45) is 11.8 Å². The lowest BCUT2D eigenvalue weighted by atomic mass is 9.94. The predicted molar refractivity (Wildman–Crippen MR) is 232 cm³/mol. The number of aliphatic carboxylic acids is 4. The molecule has 4 amide bonds. The molecule has 6 atom stereocenters. The highest BCUT2D eigenvalue weighted by atomic mass is 16.4. The number of nitrogens with one attached hydrogen (secondary N) is 4. The molecule has 0 aliphatic carbocycles.